The van der Waals surface area contributed by atoms with Crippen LogP contribution < -0.4 is 16.4 Å². The van der Waals surface area contributed by atoms with Crippen LogP contribution in [-0.2, 0) is 32.1 Å². The molecule has 1 saturated heterocycles. The molecule has 9 nitrogen and oxygen atoms in total. The van der Waals surface area contributed by atoms with E-state index in [0.717, 1.165) is 29.5 Å². The third-order valence-electron chi connectivity index (χ3n) is 8.41. The van der Waals surface area contributed by atoms with E-state index >= 15 is 0 Å². The normalized spacial score (nSPS) is 18.5. The molecule has 4 amide bonds. The average molecular weight is 596 g/mol. The third-order valence-corrected chi connectivity index (χ3v) is 8.83. The molecule has 4 N–H and O–H groups in total. The van der Waals surface area contributed by atoms with E-state index in [1.165, 1.54) is 0 Å². The first kappa shape index (κ1) is 31.5. The second-order valence-electron chi connectivity index (χ2n) is 12.1. The van der Waals surface area contributed by atoms with E-state index in [0.29, 0.717) is 30.2 Å². The number of likely N-dealkylation sites (tertiary alicyclic amines) is 1. The highest BCUT2D eigenvalue weighted by atomic mass is 35.5. The zero-order valence-electron chi connectivity index (χ0n) is 24.7. The number of carbonyl (C=O) groups is 4. The summed E-state index contributed by atoms with van der Waals surface area (Å²) in [6.45, 7) is 8.09. The standard InChI is InChI=1S/C32H42ClN5O4/c1-21-18-24(8-9-25(21)33)35-30(41)26(12-15-34)36-31(42)27-19-22-6-4-5-7-23(22)20-38(27)29(40)11-10-28(39)37-16-13-32(2,3)14-17-37/h4-9,18,26-27H,10-17,19-20,34H2,1-3H3,(H,35,41)(H,36,42)/t26-,27-/m0/s1. The quantitative estimate of drug-likeness (QED) is 0.407. The van der Waals surface area contributed by atoms with Crippen molar-refractivity contribution < 1.29 is 19.2 Å². The van der Waals surface area contributed by atoms with Crippen molar-refractivity contribution in [3.8, 4) is 0 Å². The Balaban J connectivity index is 1.44. The summed E-state index contributed by atoms with van der Waals surface area (Å²) >= 11 is 6.11. The number of nitrogens with zero attached hydrogens (tertiary/aromatic N) is 2. The largest absolute Gasteiger partial charge is 0.343 e. The van der Waals surface area contributed by atoms with Crippen molar-refractivity contribution in [1.29, 1.82) is 0 Å². The smallest absolute Gasteiger partial charge is 0.246 e. The molecule has 0 aliphatic carbocycles. The van der Waals surface area contributed by atoms with Gasteiger partial charge >= 0.3 is 0 Å². The Labute approximate surface area is 253 Å². The highest BCUT2D eigenvalue weighted by molar-refractivity contribution is 6.31. The lowest BCUT2D eigenvalue weighted by Gasteiger charge is -2.38. The zero-order chi connectivity index (χ0) is 30.4. The summed E-state index contributed by atoms with van der Waals surface area (Å²) in [5.74, 6) is -1.12. The molecule has 2 heterocycles. The van der Waals surface area contributed by atoms with Crippen molar-refractivity contribution in [3.05, 3.63) is 64.2 Å². The third kappa shape index (κ3) is 7.89. The summed E-state index contributed by atoms with van der Waals surface area (Å²) in [5, 5.41) is 6.27. The lowest BCUT2D eigenvalue weighted by molar-refractivity contribution is -0.144. The molecule has 226 valence electrons. The van der Waals surface area contributed by atoms with Crippen LogP contribution in [0.3, 0.4) is 0 Å². The predicted molar refractivity (Wildman–Crippen MR) is 164 cm³/mol. The highest BCUT2D eigenvalue weighted by Gasteiger charge is 2.36. The van der Waals surface area contributed by atoms with Gasteiger partial charge in [-0.2, -0.15) is 0 Å². The van der Waals surface area contributed by atoms with Gasteiger partial charge in [-0.25, -0.2) is 0 Å². The number of fused-ring (bicyclic) bond motifs is 1. The summed E-state index contributed by atoms with van der Waals surface area (Å²) in [5.41, 5.74) is 9.33. The Morgan fingerprint density at radius 2 is 1.69 bits per heavy atom. The Bertz CT molecular complexity index is 1320. The number of carbonyl (C=O) groups excluding carboxylic acids is 4. The number of rotatable bonds is 9. The molecule has 2 atom stereocenters. The second-order valence-corrected chi connectivity index (χ2v) is 12.6. The monoisotopic (exact) mass is 595 g/mol. The van der Waals surface area contributed by atoms with Crippen LogP contribution in [0.1, 0.15) is 62.6 Å². The highest BCUT2D eigenvalue weighted by Crippen LogP contribution is 2.30. The topological polar surface area (TPSA) is 125 Å². The van der Waals surface area contributed by atoms with Crippen LogP contribution in [0.2, 0.25) is 5.02 Å². The molecule has 4 rings (SSSR count). The number of hydrogen-bond acceptors (Lipinski definition) is 5. The lowest BCUT2D eigenvalue weighted by atomic mass is 9.82. The van der Waals surface area contributed by atoms with Crippen LogP contribution in [0, 0.1) is 12.3 Å². The molecule has 0 aromatic heterocycles. The maximum absolute atomic E-state index is 13.7. The molecule has 10 heteroatoms. The number of nitrogens with two attached hydrogens (primary N) is 1. The van der Waals surface area contributed by atoms with Gasteiger partial charge in [-0.15, -0.1) is 0 Å². The van der Waals surface area contributed by atoms with Gasteiger partial charge in [0.05, 0.1) is 0 Å². The van der Waals surface area contributed by atoms with Crippen molar-refractivity contribution in [1.82, 2.24) is 15.1 Å². The number of benzene rings is 2. The molecular weight excluding hydrogens is 554 g/mol. The van der Waals surface area contributed by atoms with Crippen LogP contribution in [0.4, 0.5) is 5.69 Å². The summed E-state index contributed by atoms with van der Waals surface area (Å²) in [7, 11) is 0. The van der Waals surface area contributed by atoms with Crippen molar-refractivity contribution in [3.63, 3.8) is 0 Å². The first-order valence-electron chi connectivity index (χ1n) is 14.7. The number of anilines is 1. The Morgan fingerprint density at radius 1 is 1.02 bits per heavy atom. The van der Waals surface area contributed by atoms with Crippen molar-refractivity contribution in [2.75, 3.05) is 25.0 Å². The molecular formula is C32H42ClN5O4. The van der Waals surface area contributed by atoms with Gasteiger partial charge in [-0.05, 0) is 73.0 Å². The maximum Gasteiger partial charge on any atom is 0.246 e. The molecule has 2 aliphatic heterocycles. The summed E-state index contributed by atoms with van der Waals surface area (Å²) in [6.07, 6.45) is 2.54. The van der Waals surface area contributed by atoms with Gasteiger partial charge < -0.3 is 26.2 Å². The minimum atomic E-state index is -0.891. The van der Waals surface area contributed by atoms with Crippen molar-refractivity contribution >= 4 is 40.9 Å². The molecule has 2 aromatic carbocycles. The average Bonchev–Trinajstić information content (AvgIpc) is 2.96. The van der Waals surface area contributed by atoms with Gasteiger partial charge in [0.1, 0.15) is 12.1 Å². The first-order chi connectivity index (χ1) is 20.0. The predicted octanol–water partition coefficient (Wildman–Crippen LogP) is 3.80. The molecule has 42 heavy (non-hydrogen) atoms. The van der Waals surface area contributed by atoms with Crippen molar-refractivity contribution in [2.45, 2.75) is 77.9 Å². The van der Waals surface area contributed by atoms with E-state index in [4.69, 9.17) is 17.3 Å². The van der Waals surface area contributed by atoms with E-state index in [9.17, 15) is 19.2 Å². The molecule has 0 saturated carbocycles. The minimum absolute atomic E-state index is 0.0211. The Hall–Kier alpha value is -3.43. The van der Waals surface area contributed by atoms with Gasteiger partial charge in [0.25, 0.3) is 0 Å². The van der Waals surface area contributed by atoms with Crippen LogP contribution in [-0.4, -0.2) is 65.1 Å². The lowest BCUT2D eigenvalue weighted by Crippen LogP contribution is -2.56. The maximum atomic E-state index is 13.7. The van der Waals surface area contributed by atoms with Gasteiger partial charge in [-0.3, -0.25) is 19.2 Å². The Kier molecular flexibility index (Phi) is 10.3. The molecule has 0 unspecified atom stereocenters. The Morgan fingerprint density at radius 3 is 2.36 bits per heavy atom. The zero-order valence-corrected chi connectivity index (χ0v) is 25.5. The van der Waals surface area contributed by atoms with E-state index < -0.39 is 23.9 Å². The number of halogens is 1. The number of amides is 4. The van der Waals surface area contributed by atoms with Crippen LogP contribution in [0.25, 0.3) is 0 Å². The van der Waals surface area contributed by atoms with Crippen LogP contribution in [0.15, 0.2) is 42.5 Å². The molecule has 0 bridgehead atoms. The van der Waals surface area contributed by atoms with Gasteiger partial charge in [-0.1, -0.05) is 49.7 Å². The second kappa shape index (κ2) is 13.7. The molecule has 0 radical (unpaired) electrons. The van der Waals surface area contributed by atoms with Gasteiger partial charge in [0.15, 0.2) is 0 Å². The summed E-state index contributed by atoms with van der Waals surface area (Å²) < 4.78 is 0. The fourth-order valence-corrected chi connectivity index (χ4v) is 5.67. The SMILES string of the molecule is Cc1cc(NC(=O)[C@H](CCN)NC(=O)[C@@H]2Cc3ccccc3CN2C(=O)CCC(=O)N2CCC(C)(C)CC2)ccc1Cl. The molecule has 2 aliphatic rings. The molecule has 2 aromatic rings. The van der Waals surface area contributed by atoms with E-state index in [1.54, 1.807) is 23.1 Å². The van der Waals surface area contributed by atoms with E-state index in [1.807, 2.05) is 36.1 Å². The molecule has 1 fully saturated rings. The van der Waals surface area contributed by atoms with Gasteiger partial charge in [0, 0.05) is 49.6 Å². The molecule has 0 spiro atoms. The fraction of sp³-hybridized carbons (Fsp3) is 0.500. The number of nitrogens with one attached hydrogen (secondary N) is 2. The van der Waals surface area contributed by atoms with Gasteiger partial charge in [0.2, 0.25) is 23.6 Å². The number of hydrogen-bond donors (Lipinski definition) is 3. The van der Waals surface area contributed by atoms with E-state index in [2.05, 4.69) is 24.5 Å². The van der Waals surface area contributed by atoms with Crippen molar-refractivity contribution in [2.24, 2.45) is 11.1 Å². The number of aryl methyl sites for hydroxylation is 1. The van der Waals surface area contributed by atoms with E-state index in [-0.39, 0.29) is 49.6 Å². The summed E-state index contributed by atoms with van der Waals surface area (Å²) in [6, 6.07) is 11.1. The minimum Gasteiger partial charge on any atom is -0.343 e. The fourth-order valence-electron chi connectivity index (χ4n) is 5.55. The van der Waals surface area contributed by atoms with Crippen LogP contribution in [0.5, 0.6) is 0 Å². The van der Waals surface area contributed by atoms with Crippen LogP contribution >= 0.6 is 11.6 Å². The number of piperidine rings is 1. The first-order valence-corrected chi connectivity index (χ1v) is 15.1. The summed E-state index contributed by atoms with van der Waals surface area (Å²) in [4.78, 5) is 56.7.